The molecule has 7 nitrogen and oxygen atoms in total. The number of nitrogens with zero attached hydrogens (tertiary/aromatic N) is 3. The average Bonchev–Trinajstić information content (AvgIpc) is 2.95. The number of aromatic hydroxyl groups is 1. The van der Waals surface area contributed by atoms with E-state index >= 15 is 0 Å². The Morgan fingerprint density at radius 3 is 2.74 bits per heavy atom. The van der Waals surface area contributed by atoms with E-state index in [4.69, 9.17) is 9.47 Å². The molecule has 1 amide bonds. The highest BCUT2D eigenvalue weighted by atomic mass is 79.9. The number of carbonyl (C=O) groups excluding carboxylic acids is 1. The Hall–Kier alpha value is -2.87. The Bertz CT molecular complexity index is 1010. The molecule has 0 fully saturated rings. The van der Waals surface area contributed by atoms with Crippen molar-refractivity contribution in [3.05, 3.63) is 46.9 Å². The van der Waals surface area contributed by atoms with Crippen LogP contribution in [0.1, 0.15) is 6.92 Å². The molecule has 8 heteroatoms. The second-order valence-electron chi connectivity index (χ2n) is 5.61. The Morgan fingerprint density at radius 2 is 2.04 bits per heavy atom. The van der Waals surface area contributed by atoms with Crippen LogP contribution in [0.3, 0.4) is 0 Å². The molecule has 2 aromatic carbocycles. The Balaban J connectivity index is 1.83. The number of para-hydroxylation sites is 1. The van der Waals surface area contributed by atoms with Crippen molar-refractivity contribution in [1.29, 1.82) is 0 Å². The van der Waals surface area contributed by atoms with Gasteiger partial charge in [0.15, 0.2) is 12.3 Å². The first-order chi connectivity index (χ1) is 13.0. The number of rotatable bonds is 6. The summed E-state index contributed by atoms with van der Waals surface area (Å²) in [5.74, 6) is 0.543. The fourth-order valence-corrected chi connectivity index (χ4v) is 3.08. The maximum Gasteiger partial charge on any atom is 0.302 e. The van der Waals surface area contributed by atoms with E-state index in [1.807, 2.05) is 25.1 Å². The third kappa shape index (κ3) is 3.95. The average molecular weight is 432 g/mol. The van der Waals surface area contributed by atoms with Crippen molar-refractivity contribution in [1.82, 2.24) is 4.57 Å². The summed E-state index contributed by atoms with van der Waals surface area (Å²) in [5.41, 5.74) is 1.00. The lowest BCUT2D eigenvalue weighted by Gasteiger charge is -2.04. The number of aromatic nitrogens is 1. The van der Waals surface area contributed by atoms with Crippen molar-refractivity contribution in [2.45, 2.75) is 13.5 Å². The first-order valence-corrected chi connectivity index (χ1v) is 9.05. The van der Waals surface area contributed by atoms with Gasteiger partial charge in [-0.3, -0.25) is 4.79 Å². The largest absolute Gasteiger partial charge is 0.497 e. The summed E-state index contributed by atoms with van der Waals surface area (Å²) in [4.78, 5) is 12.0. The molecule has 0 saturated carbocycles. The third-order valence-corrected chi connectivity index (χ3v) is 4.64. The van der Waals surface area contributed by atoms with Gasteiger partial charge >= 0.3 is 5.91 Å². The molecule has 3 rings (SSSR count). The van der Waals surface area contributed by atoms with Gasteiger partial charge in [-0.05, 0) is 53.2 Å². The number of amides is 1. The molecule has 0 radical (unpaired) electrons. The molecule has 0 aliphatic rings. The summed E-state index contributed by atoms with van der Waals surface area (Å²) in [6.07, 6.45) is 0. The van der Waals surface area contributed by atoms with E-state index in [9.17, 15) is 9.90 Å². The van der Waals surface area contributed by atoms with E-state index in [1.54, 1.807) is 35.9 Å². The van der Waals surface area contributed by atoms with Crippen LogP contribution in [0.25, 0.3) is 10.9 Å². The van der Waals surface area contributed by atoms with E-state index < -0.39 is 5.91 Å². The Kier molecular flexibility index (Phi) is 5.75. The number of azo groups is 1. The quantitative estimate of drug-likeness (QED) is 0.566. The molecule has 1 aromatic heterocycles. The van der Waals surface area contributed by atoms with Gasteiger partial charge in [-0.15, -0.1) is 10.2 Å². The van der Waals surface area contributed by atoms with Crippen molar-refractivity contribution in [3.63, 3.8) is 0 Å². The standard InChI is InChI=1S/C19H18BrN3O4/c1-3-23-15-9-8-12(26-2)10-13(15)18(19(23)25)22-21-17(24)11-27-16-7-5-4-6-14(16)20/h4-10,25H,3,11H2,1-2H3. The molecule has 0 unspecified atom stereocenters. The predicted octanol–water partition coefficient (Wildman–Crippen LogP) is 4.83. The first-order valence-electron chi connectivity index (χ1n) is 8.26. The fourth-order valence-electron chi connectivity index (χ4n) is 2.68. The second-order valence-corrected chi connectivity index (χ2v) is 6.47. The number of hydrogen-bond acceptors (Lipinski definition) is 5. The summed E-state index contributed by atoms with van der Waals surface area (Å²) in [5, 5.41) is 18.8. The number of hydrogen-bond donors (Lipinski definition) is 1. The molecule has 0 atom stereocenters. The van der Waals surface area contributed by atoms with Gasteiger partial charge in [-0.25, -0.2) is 0 Å². The van der Waals surface area contributed by atoms with Crippen molar-refractivity contribution < 1.29 is 19.4 Å². The monoisotopic (exact) mass is 431 g/mol. The van der Waals surface area contributed by atoms with Crippen LogP contribution in [-0.2, 0) is 11.3 Å². The smallest absolute Gasteiger partial charge is 0.302 e. The number of fused-ring (bicyclic) bond motifs is 1. The van der Waals surface area contributed by atoms with Crippen molar-refractivity contribution in [3.8, 4) is 17.4 Å². The number of benzene rings is 2. The summed E-state index contributed by atoms with van der Waals surface area (Å²) >= 11 is 3.34. The molecule has 1 N–H and O–H groups in total. The van der Waals surface area contributed by atoms with Gasteiger partial charge in [0.05, 0.1) is 17.1 Å². The molecule has 0 bridgehead atoms. The zero-order valence-corrected chi connectivity index (χ0v) is 16.4. The molecule has 140 valence electrons. The zero-order valence-electron chi connectivity index (χ0n) is 14.8. The van der Waals surface area contributed by atoms with E-state index in [-0.39, 0.29) is 18.2 Å². The number of halogens is 1. The molecular formula is C19H18BrN3O4. The molecule has 0 aliphatic heterocycles. The van der Waals surface area contributed by atoms with Crippen LogP contribution in [0, 0.1) is 0 Å². The maximum atomic E-state index is 12.0. The van der Waals surface area contributed by atoms with Crippen LogP contribution in [0.2, 0.25) is 0 Å². The third-order valence-electron chi connectivity index (χ3n) is 3.98. The summed E-state index contributed by atoms with van der Waals surface area (Å²) < 4.78 is 13.1. The van der Waals surface area contributed by atoms with Gasteiger partial charge in [0.2, 0.25) is 5.88 Å². The van der Waals surface area contributed by atoms with E-state index in [2.05, 4.69) is 26.2 Å². The van der Waals surface area contributed by atoms with Crippen LogP contribution in [-0.4, -0.2) is 29.3 Å². The molecule has 3 aromatic rings. The molecular weight excluding hydrogens is 414 g/mol. The van der Waals surface area contributed by atoms with Crippen molar-refractivity contribution in [2.24, 2.45) is 10.2 Å². The Labute approximate surface area is 164 Å². The van der Waals surface area contributed by atoms with Crippen LogP contribution in [0.5, 0.6) is 17.4 Å². The molecule has 1 heterocycles. The van der Waals surface area contributed by atoms with Crippen LogP contribution < -0.4 is 9.47 Å². The number of aryl methyl sites for hydroxylation is 1. The fraction of sp³-hybridized carbons (Fsp3) is 0.211. The minimum absolute atomic E-state index is 0.0518. The first kappa shape index (κ1) is 18.9. The van der Waals surface area contributed by atoms with Crippen LogP contribution in [0.15, 0.2) is 57.2 Å². The van der Waals surface area contributed by atoms with Crippen molar-refractivity contribution in [2.75, 3.05) is 13.7 Å². The predicted molar refractivity (Wildman–Crippen MR) is 105 cm³/mol. The van der Waals surface area contributed by atoms with Gasteiger partial charge in [0.25, 0.3) is 0 Å². The lowest BCUT2D eigenvalue weighted by molar-refractivity contribution is -0.120. The van der Waals surface area contributed by atoms with Gasteiger partial charge in [0.1, 0.15) is 11.5 Å². The molecule has 0 aliphatic carbocycles. The highest BCUT2D eigenvalue weighted by molar-refractivity contribution is 9.10. The highest BCUT2D eigenvalue weighted by Crippen LogP contribution is 2.40. The van der Waals surface area contributed by atoms with Gasteiger partial charge < -0.3 is 19.1 Å². The van der Waals surface area contributed by atoms with E-state index in [0.717, 1.165) is 9.99 Å². The van der Waals surface area contributed by atoms with Gasteiger partial charge in [-0.1, -0.05) is 12.1 Å². The molecule has 0 saturated heterocycles. The Morgan fingerprint density at radius 1 is 1.26 bits per heavy atom. The highest BCUT2D eigenvalue weighted by Gasteiger charge is 2.17. The van der Waals surface area contributed by atoms with E-state index in [0.29, 0.717) is 23.4 Å². The minimum atomic E-state index is -0.564. The lowest BCUT2D eigenvalue weighted by Crippen LogP contribution is -2.08. The normalized spacial score (nSPS) is 11.2. The maximum absolute atomic E-state index is 12.0. The van der Waals surface area contributed by atoms with Crippen LogP contribution in [0.4, 0.5) is 5.69 Å². The summed E-state index contributed by atoms with van der Waals surface area (Å²) in [6, 6.07) is 12.6. The SMILES string of the molecule is CCn1c(O)c(N=NC(=O)COc2ccccc2Br)c2cc(OC)ccc21. The van der Waals surface area contributed by atoms with Crippen molar-refractivity contribution >= 4 is 38.4 Å². The van der Waals surface area contributed by atoms with E-state index in [1.165, 1.54) is 0 Å². The number of carbonyl (C=O) groups is 1. The topological polar surface area (TPSA) is 85.4 Å². The van der Waals surface area contributed by atoms with Gasteiger partial charge in [0, 0.05) is 11.9 Å². The summed E-state index contributed by atoms with van der Waals surface area (Å²) in [6.45, 7) is 2.19. The molecule has 0 spiro atoms. The minimum Gasteiger partial charge on any atom is -0.497 e. The van der Waals surface area contributed by atoms with Crippen LogP contribution >= 0.6 is 15.9 Å². The van der Waals surface area contributed by atoms with Gasteiger partial charge in [-0.2, -0.15) is 0 Å². The second kappa shape index (κ2) is 8.22. The zero-order chi connectivity index (χ0) is 19.4. The summed E-state index contributed by atoms with van der Waals surface area (Å²) in [7, 11) is 1.56. The number of ether oxygens (including phenoxy) is 2. The lowest BCUT2D eigenvalue weighted by atomic mass is 10.2. The molecule has 27 heavy (non-hydrogen) atoms. The number of methoxy groups -OCH3 is 1.